The van der Waals surface area contributed by atoms with Gasteiger partial charge < -0.3 is 19.5 Å². The molecule has 8 heteroatoms. The largest absolute Gasteiger partial charge is 0.469 e. The van der Waals surface area contributed by atoms with Crippen molar-refractivity contribution in [2.24, 2.45) is 5.92 Å². The first-order chi connectivity index (χ1) is 12.0. The number of anilines is 1. The second kappa shape index (κ2) is 7.08. The van der Waals surface area contributed by atoms with Gasteiger partial charge in [-0.05, 0) is 18.4 Å². The lowest BCUT2D eigenvalue weighted by molar-refractivity contribution is -0.147. The molecule has 2 aromatic rings. The van der Waals surface area contributed by atoms with Crippen molar-refractivity contribution in [3.63, 3.8) is 0 Å². The number of hydrogen-bond acceptors (Lipinski definition) is 6. The molecular weight excluding hydrogens is 322 g/mol. The van der Waals surface area contributed by atoms with Crippen LogP contribution in [0.1, 0.15) is 19.8 Å². The van der Waals surface area contributed by atoms with E-state index in [0.717, 1.165) is 23.3 Å². The zero-order valence-corrected chi connectivity index (χ0v) is 14.7. The van der Waals surface area contributed by atoms with Crippen molar-refractivity contribution < 1.29 is 14.3 Å². The quantitative estimate of drug-likeness (QED) is 0.661. The minimum absolute atomic E-state index is 0.114. The predicted molar refractivity (Wildman–Crippen MR) is 93.1 cm³/mol. The first-order valence-corrected chi connectivity index (χ1v) is 8.36. The lowest BCUT2D eigenvalue weighted by Crippen LogP contribution is -2.53. The molecule has 2 atom stereocenters. The summed E-state index contributed by atoms with van der Waals surface area (Å²) in [7, 11) is 3.28. The molecule has 1 aliphatic rings. The Morgan fingerprint density at radius 3 is 3.00 bits per heavy atom. The van der Waals surface area contributed by atoms with Gasteiger partial charge in [0, 0.05) is 26.3 Å². The van der Waals surface area contributed by atoms with Gasteiger partial charge in [0.05, 0.1) is 18.5 Å². The van der Waals surface area contributed by atoms with Gasteiger partial charge in [0.1, 0.15) is 24.2 Å². The summed E-state index contributed by atoms with van der Waals surface area (Å²) in [6.45, 7) is 3.40. The Balaban J connectivity index is 1.79. The summed E-state index contributed by atoms with van der Waals surface area (Å²) in [6.07, 6.45) is 4.05. The van der Waals surface area contributed by atoms with Crippen molar-refractivity contribution in [2.45, 2.75) is 25.8 Å². The molecule has 1 saturated heterocycles. The van der Waals surface area contributed by atoms with Crippen LogP contribution in [-0.2, 0) is 14.3 Å². The molecule has 134 valence electrons. The fourth-order valence-electron chi connectivity index (χ4n) is 3.38. The molecule has 3 rings (SSSR count). The maximum atomic E-state index is 12.3. The molecule has 1 N–H and O–H groups in total. The molecule has 0 aromatic carbocycles. The maximum absolute atomic E-state index is 12.3. The third-order valence-electron chi connectivity index (χ3n) is 4.96. The van der Waals surface area contributed by atoms with Crippen LogP contribution in [0.2, 0.25) is 0 Å². The zero-order chi connectivity index (χ0) is 18.0. The topological polar surface area (TPSA) is 91.4 Å². The van der Waals surface area contributed by atoms with Gasteiger partial charge >= 0.3 is 5.97 Å². The minimum atomic E-state index is -0.502. The summed E-state index contributed by atoms with van der Waals surface area (Å²) in [5, 5.41) is 0.954. The summed E-state index contributed by atoms with van der Waals surface area (Å²) in [6, 6.07) is 2.07. The van der Waals surface area contributed by atoms with Crippen molar-refractivity contribution in [2.75, 3.05) is 32.1 Å². The summed E-state index contributed by atoms with van der Waals surface area (Å²) < 4.78 is 4.60. The van der Waals surface area contributed by atoms with Crippen LogP contribution in [0.25, 0.3) is 11.0 Å². The highest BCUT2D eigenvalue weighted by Gasteiger charge is 2.33. The van der Waals surface area contributed by atoms with Gasteiger partial charge in [0.25, 0.3) is 0 Å². The number of nitrogens with zero attached hydrogens (tertiary/aromatic N) is 4. The molecule has 0 aliphatic carbocycles. The van der Waals surface area contributed by atoms with E-state index in [1.165, 1.54) is 7.11 Å². The van der Waals surface area contributed by atoms with Gasteiger partial charge in [-0.1, -0.05) is 6.92 Å². The summed E-state index contributed by atoms with van der Waals surface area (Å²) >= 11 is 0. The van der Waals surface area contributed by atoms with E-state index in [4.69, 9.17) is 0 Å². The van der Waals surface area contributed by atoms with E-state index in [9.17, 15) is 9.59 Å². The van der Waals surface area contributed by atoms with E-state index in [0.29, 0.717) is 19.0 Å². The molecule has 0 spiro atoms. The molecule has 0 bridgehead atoms. The van der Waals surface area contributed by atoms with Crippen LogP contribution >= 0.6 is 0 Å². The number of carbonyl (C=O) groups excluding carboxylic acids is 2. The molecule has 3 heterocycles. The third kappa shape index (κ3) is 3.42. The number of likely N-dealkylation sites (N-methyl/N-ethyl adjacent to an activating group) is 1. The number of amides is 1. The summed E-state index contributed by atoms with van der Waals surface area (Å²) in [5.41, 5.74) is 0.791. The van der Waals surface area contributed by atoms with Gasteiger partial charge in [0.15, 0.2) is 0 Å². The number of methoxy groups -OCH3 is 1. The number of nitrogens with one attached hydrogen (secondary N) is 1. The van der Waals surface area contributed by atoms with Crippen LogP contribution in [0.4, 0.5) is 5.82 Å². The number of ether oxygens (including phenoxy) is 1. The number of likely N-dealkylation sites (tertiary alicyclic amines) is 1. The highest BCUT2D eigenvalue weighted by Crippen LogP contribution is 2.28. The molecule has 8 nitrogen and oxygen atoms in total. The van der Waals surface area contributed by atoms with E-state index in [2.05, 4.69) is 31.5 Å². The lowest BCUT2D eigenvalue weighted by atomic mass is 9.92. The van der Waals surface area contributed by atoms with E-state index >= 15 is 0 Å². The van der Waals surface area contributed by atoms with Crippen LogP contribution < -0.4 is 4.90 Å². The van der Waals surface area contributed by atoms with Gasteiger partial charge in [-0.2, -0.15) is 0 Å². The molecule has 2 aromatic heterocycles. The van der Waals surface area contributed by atoms with Gasteiger partial charge in [0.2, 0.25) is 5.91 Å². The third-order valence-corrected chi connectivity index (χ3v) is 4.96. The van der Waals surface area contributed by atoms with E-state index in [1.807, 2.05) is 19.3 Å². The lowest BCUT2D eigenvalue weighted by Gasteiger charge is -2.42. The Labute approximate surface area is 146 Å². The molecule has 0 unspecified atom stereocenters. The minimum Gasteiger partial charge on any atom is -0.469 e. The Morgan fingerprint density at radius 1 is 1.44 bits per heavy atom. The second-order valence-electron chi connectivity index (χ2n) is 6.47. The number of hydrogen-bond donors (Lipinski definition) is 1. The number of H-pyrrole nitrogens is 1. The molecule has 1 aliphatic heterocycles. The average Bonchev–Trinajstić information content (AvgIpc) is 3.10. The van der Waals surface area contributed by atoms with Crippen LogP contribution in [0.5, 0.6) is 0 Å². The predicted octanol–water partition coefficient (Wildman–Crippen LogP) is 1.19. The number of rotatable bonds is 4. The number of esters is 1. The van der Waals surface area contributed by atoms with Crippen molar-refractivity contribution in [1.82, 2.24) is 19.9 Å². The fraction of sp³-hybridized carbons (Fsp3) is 0.529. The number of aromatic amines is 1. The van der Waals surface area contributed by atoms with Gasteiger partial charge in [-0.15, -0.1) is 0 Å². The second-order valence-corrected chi connectivity index (χ2v) is 6.47. The Hall–Kier alpha value is -2.64. The summed E-state index contributed by atoms with van der Waals surface area (Å²) in [4.78, 5) is 39.3. The molecule has 1 amide bonds. The number of carbonyl (C=O) groups is 2. The summed E-state index contributed by atoms with van der Waals surface area (Å²) in [5.74, 6) is 0.548. The first-order valence-electron chi connectivity index (χ1n) is 8.36. The van der Waals surface area contributed by atoms with E-state index in [1.54, 1.807) is 11.2 Å². The average molecular weight is 345 g/mol. The molecule has 0 saturated carbocycles. The first kappa shape index (κ1) is 17.2. The van der Waals surface area contributed by atoms with Crippen molar-refractivity contribution in [3.8, 4) is 0 Å². The Morgan fingerprint density at radius 2 is 2.24 bits per heavy atom. The molecular formula is C17H23N5O3. The SMILES string of the molecule is COC(=O)CC(=O)N1CC[C@@H](C)[C@@H](N(C)c2ncnc3[nH]ccc23)C1. The molecule has 1 fully saturated rings. The van der Waals surface area contributed by atoms with E-state index < -0.39 is 5.97 Å². The van der Waals surface area contributed by atoms with Crippen molar-refractivity contribution in [1.29, 1.82) is 0 Å². The van der Waals surface area contributed by atoms with E-state index in [-0.39, 0.29) is 18.4 Å². The van der Waals surface area contributed by atoms with Gasteiger partial charge in [-0.25, -0.2) is 9.97 Å². The zero-order valence-electron chi connectivity index (χ0n) is 14.7. The number of piperidine rings is 1. The highest BCUT2D eigenvalue weighted by molar-refractivity contribution is 5.94. The monoisotopic (exact) mass is 345 g/mol. The highest BCUT2D eigenvalue weighted by atomic mass is 16.5. The Kier molecular flexibility index (Phi) is 4.87. The standard InChI is InChI=1S/C17H23N5O3/c1-11-5-7-22(14(23)8-15(24)25-3)9-13(11)21(2)17-12-4-6-18-16(12)19-10-20-17/h4,6,10-11,13H,5,7-9H2,1-3H3,(H,18,19,20)/t11-,13+/m1/s1. The smallest absolute Gasteiger partial charge is 0.315 e. The van der Waals surface area contributed by atoms with Crippen molar-refractivity contribution >= 4 is 28.7 Å². The molecule has 0 radical (unpaired) electrons. The molecule has 25 heavy (non-hydrogen) atoms. The van der Waals surface area contributed by atoms with Gasteiger partial charge in [-0.3, -0.25) is 9.59 Å². The normalized spacial score (nSPS) is 20.5. The fourth-order valence-corrected chi connectivity index (χ4v) is 3.38. The Bertz CT molecular complexity index is 774. The van der Waals surface area contributed by atoms with Crippen LogP contribution in [0, 0.1) is 5.92 Å². The number of aromatic nitrogens is 3. The maximum Gasteiger partial charge on any atom is 0.315 e. The van der Waals surface area contributed by atoms with Crippen LogP contribution in [0.15, 0.2) is 18.6 Å². The van der Waals surface area contributed by atoms with Crippen LogP contribution in [-0.4, -0.2) is 65.0 Å². The van der Waals surface area contributed by atoms with Crippen molar-refractivity contribution in [3.05, 3.63) is 18.6 Å². The number of fused-ring (bicyclic) bond motifs is 1. The van der Waals surface area contributed by atoms with Crippen LogP contribution in [0.3, 0.4) is 0 Å².